The maximum absolute atomic E-state index is 12.5. The Bertz CT molecular complexity index is 1260. The van der Waals surface area contributed by atoms with Crippen LogP contribution >= 0.6 is 11.8 Å². The first kappa shape index (κ1) is 29.8. The van der Waals surface area contributed by atoms with Crippen LogP contribution in [0.4, 0.5) is 9.59 Å². The molecule has 2 aromatic rings. The van der Waals surface area contributed by atoms with E-state index < -0.39 is 18.1 Å². The number of benzene rings is 2. The molecular formula is C31H38N4O6S. The van der Waals surface area contributed by atoms with E-state index in [0.29, 0.717) is 31.1 Å². The molecule has 0 bridgehead atoms. The maximum atomic E-state index is 12.5. The summed E-state index contributed by atoms with van der Waals surface area (Å²) in [4.78, 5) is 48.0. The van der Waals surface area contributed by atoms with Gasteiger partial charge in [0.25, 0.3) is 0 Å². The molecule has 10 nitrogen and oxygen atoms in total. The molecule has 2 aromatic carbocycles. The number of unbranched alkanes of at least 4 members (excludes halogenated alkanes) is 2. The van der Waals surface area contributed by atoms with Crippen LogP contribution < -0.4 is 21.3 Å². The summed E-state index contributed by atoms with van der Waals surface area (Å²) in [6, 6.07) is 15.3. The number of carboxylic acid groups (broad SMARTS) is 1. The molecular weight excluding hydrogens is 556 g/mol. The summed E-state index contributed by atoms with van der Waals surface area (Å²) >= 11 is 1.87. The van der Waals surface area contributed by atoms with Crippen LogP contribution in [0.1, 0.15) is 62.0 Å². The Labute approximate surface area is 249 Å². The van der Waals surface area contributed by atoms with Crippen molar-refractivity contribution in [3.8, 4) is 11.1 Å². The Kier molecular flexibility index (Phi) is 9.89. The van der Waals surface area contributed by atoms with Gasteiger partial charge in [0, 0.05) is 29.9 Å². The molecule has 42 heavy (non-hydrogen) atoms. The van der Waals surface area contributed by atoms with Crippen LogP contribution in [-0.2, 0) is 14.3 Å². The Morgan fingerprint density at radius 1 is 0.976 bits per heavy atom. The lowest BCUT2D eigenvalue weighted by Crippen LogP contribution is -2.41. The van der Waals surface area contributed by atoms with Crippen molar-refractivity contribution in [2.75, 3.05) is 18.9 Å². The normalized spacial score (nSPS) is 21.0. The zero-order valence-corrected chi connectivity index (χ0v) is 24.3. The van der Waals surface area contributed by atoms with Gasteiger partial charge < -0.3 is 31.1 Å². The second-order valence-corrected chi connectivity index (χ2v) is 12.3. The molecule has 11 heteroatoms. The Hall–Kier alpha value is -3.73. The molecule has 5 rings (SSSR count). The van der Waals surface area contributed by atoms with E-state index in [1.807, 2.05) is 48.2 Å². The minimum atomic E-state index is -1.12. The lowest BCUT2D eigenvalue weighted by atomic mass is 9.98. The molecule has 2 aliphatic heterocycles. The van der Waals surface area contributed by atoms with Crippen molar-refractivity contribution in [1.29, 1.82) is 0 Å². The van der Waals surface area contributed by atoms with Crippen LogP contribution in [-0.4, -0.2) is 71.4 Å². The van der Waals surface area contributed by atoms with Crippen molar-refractivity contribution in [3.05, 3.63) is 59.7 Å². The maximum Gasteiger partial charge on any atom is 0.407 e. The van der Waals surface area contributed by atoms with E-state index in [0.717, 1.165) is 47.3 Å². The molecule has 4 amide bonds. The molecule has 0 aromatic heterocycles. The zero-order valence-electron chi connectivity index (χ0n) is 23.5. The van der Waals surface area contributed by atoms with Gasteiger partial charge in [0.15, 0.2) is 0 Å². The number of carbonyl (C=O) groups excluding carboxylic acids is 3. The lowest BCUT2D eigenvalue weighted by molar-refractivity contribution is -0.139. The fraction of sp³-hybridized carbons (Fsp3) is 0.484. The molecule has 224 valence electrons. The summed E-state index contributed by atoms with van der Waals surface area (Å²) in [6.45, 7) is 0.572. The minimum Gasteiger partial charge on any atom is -0.480 e. The van der Waals surface area contributed by atoms with Crippen LogP contribution in [0.2, 0.25) is 0 Å². The summed E-state index contributed by atoms with van der Waals surface area (Å²) < 4.78 is 5.49. The van der Waals surface area contributed by atoms with Crippen LogP contribution in [0.25, 0.3) is 11.1 Å². The predicted molar refractivity (Wildman–Crippen MR) is 160 cm³/mol. The van der Waals surface area contributed by atoms with Crippen molar-refractivity contribution in [1.82, 2.24) is 21.3 Å². The lowest BCUT2D eigenvalue weighted by Gasteiger charge is -2.17. The molecule has 0 radical (unpaired) electrons. The molecule has 2 heterocycles. The Balaban J connectivity index is 0.954. The molecule has 4 atom stereocenters. The monoisotopic (exact) mass is 594 g/mol. The number of alkyl carbamates (subject to hydrolysis) is 1. The molecule has 0 saturated carbocycles. The van der Waals surface area contributed by atoms with Crippen molar-refractivity contribution >= 4 is 35.8 Å². The third-order valence-corrected chi connectivity index (χ3v) is 9.76. The van der Waals surface area contributed by atoms with E-state index in [-0.39, 0.29) is 43.0 Å². The van der Waals surface area contributed by atoms with Crippen molar-refractivity contribution in [2.24, 2.45) is 0 Å². The van der Waals surface area contributed by atoms with Crippen LogP contribution in [0.15, 0.2) is 48.5 Å². The Morgan fingerprint density at radius 3 is 2.40 bits per heavy atom. The van der Waals surface area contributed by atoms with Gasteiger partial charge in [-0.1, -0.05) is 55.0 Å². The van der Waals surface area contributed by atoms with Crippen LogP contribution in [0, 0.1) is 0 Å². The molecule has 3 aliphatic rings. The van der Waals surface area contributed by atoms with E-state index >= 15 is 0 Å². The van der Waals surface area contributed by atoms with Crippen LogP contribution in [0.5, 0.6) is 0 Å². The second kappa shape index (κ2) is 14.0. The minimum absolute atomic E-state index is 0.0191. The van der Waals surface area contributed by atoms with Crippen LogP contribution in [0.3, 0.4) is 0 Å². The number of aliphatic carboxylic acids is 1. The largest absolute Gasteiger partial charge is 0.480 e. The number of urea groups is 1. The predicted octanol–water partition coefficient (Wildman–Crippen LogP) is 3.99. The highest BCUT2D eigenvalue weighted by atomic mass is 32.2. The molecule has 1 aliphatic carbocycles. The molecule has 2 saturated heterocycles. The van der Waals surface area contributed by atoms with E-state index in [2.05, 4.69) is 33.4 Å². The zero-order chi connectivity index (χ0) is 29.5. The number of amides is 4. The van der Waals surface area contributed by atoms with Gasteiger partial charge in [0.1, 0.15) is 12.6 Å². The van der Waals surface area contributed by atoms with Gasteiger partial charge in [-0.3, -0.25) is 4.79 Å². The van der Waals surface area contributed by atoms with Gasteiger partial charge in [-0.2, -0.15) is 11.8 Å². The van der Waals surface area contributed by atoms with E-state index in [9.17, 15) is 24.3 Å². The van der Waals surface area contributed by atoms with Gasteiger partial charge in [-0.25, -0.2) is 14.4 Å². The number of hydrogen-bond acceptors (Lipinski definition) is 6. The van der Waals surface area contributed by atoms with Gasteiger partial charge in [-0.15, -0.1) is 0 Å². The highest BCUT2D eigenvalue weighted by Crippen LogP contribution is 2.44. The van der Waals surface area contributed by atoms with Gasteiger partial charge in [0.05, 0.1) is 12.1 Å². The van der Waals surface area contributed by atoms with Crippen molar-refractivity contribution in [2.45, 2.75) is 74.2 Å². The van der Waals surface area contributed by atoms with E-state index in [1.54, 1.807) is 0 Å². The topological polar surface area (TPSA) is 146 Å². The van der Waals surface area contributed by atoms with Crippen molar-refractivity contribution in [3.63, 3.8) is 0 Å². The molecule has 0 unspecified atom stereocenters. The quantitative estimate of drug-likeness (QED) is 0.164. The number of ether oxygens (including phenoxy) is 1. The summed E-state index contributed by atoms with van der Waals surface area (Å²) in [5.41, 5.74) is 4.42. The SMILES string of the molecule is O=C(CCCC[C@H]1SC[C@H]2NC(=O)N[C@H]21)NCCCC[C@@H](NC(=O)OCC1c2ccccc2-c2ccccc21)C(=O)O. The summed E-state index contributed by atoms with van der Waals surface area (Å²) in [6.07, 6.45) is 3.74. The summed E-state index contributed by atoms with van der Waals surface area (Å²) in [7, 11) is 0. The summed E-state index contributed by atoms with van der Waals surface area (Å²) in [5.74, 6) is -0.309. The van der Waals surface area contributed by atoms with Gasteiger partial charge in [-0.05, 0) is 54.4 Å². The summed E-state index contributed by atoms with van der Waals surface area (Å²) in [5, 5.41) is 21.3. The number of thioether (sulfide) groups is 1. The first-order valence-electron chi connectivity index (χ1n) is 14.7. The number of carbonyl (C=O) groups is 4. The van der Waals surface area contributed by atoms with E-state index in [1.165, 1.54) is 0 Å². The smallest absolute Gasteiger partial charge is 0.407 e. The average Bonchev–Trinajstić information content (AvgIpc) is 3.64. The number of carboxylic acids is 1. The molecule has 5 N–H and O–H groups in total. The van der Waals surface area contributed by atoms with E-state index in [4.69, 9.17) is 4.74 Å². The Morgan fingerprint density at radius 2 is 1.69 bits per heavy atom. The van der Waals surface area contributed by atoms with Gasteiger partial charge in [0.2, 0.25) is 5.91 Å². The average molecular weight is 595 g/mol. The number of rotatable bonds is 14. The van der Waals surface area contributed by atoms with Gasteiger partial charge >= 0.3 is 18.1 Å². The fourth-order valence-corrected chi connectivity index (χ4v) is 7.65. The third kappa shape index (κ3) is 7.18. The fourth-order valence-electron chi connectivity index (χ4n) is 6.10. The standard InChI is InChI=1S/C31H38N4O6S/c36-27(15-6-5-14-26-28-25(18-42-26)33-30(39)35-28)32-16-8-7-13-24(29(37)38)34-31(40)41-17-23-21-11-3-1-9-19(21)20-10-2-4-12-22(20)23/h1-4,9-12,23-26,28H,5-8,13-18H2,(H,32,36)(H,34,40)(H,37,38)(H2,33,35,39)/t24-,25-,26-,28-/m1/s1. The molecule has 0 spiro atoms. The second-order valence-electron chi connectivity index (χ2n) is 11.1. The first-order valence-corrected chi connectivity index (χ1v) is 15.7. The highest BCUT2D eigenvalue weighted by Gasteiger charge is 2.42. The first-order chi connectivity index (χ1) is 20.4. The van der Waals surface area contributed by atoms with Crippen molar-refractivity contribution < 1.29 is 29.0 Å². The highest BCUT2D eigenvalue weighted by molar-refractivity contribution is 8.00. The number of fused-ring (bicyclic) bond motifs is 4. The number of hydrogen-bond donors (Lipinski definition) is 5. The third-order valence-electron chi connectivity index (χ3n) is 8.26. The number of nitrogens with one attached hydrogen (secondary N) is 4. The molecule has 2 fully saturated rings.